The van der Waals surface area contributed by atoms with E-state index in [9.17, 15) is 19.2 Å². The van der Waals surface area contributed by atoms with Crippen LogP contribution in [0, 0.1) is 0 Å². The molecule has 1 aliphatic rings. The van der Waals surface area contributed by atoms with E-state index in [-0.39, 0.29) is 24.9 Å². The highest BCUT2D eigenvalue weighted by Crippen LogP contribution is 2.24. The summed E-state index contributed by atoms with van der Waals surface area (Å²) in [6, 6.07) is 17.0. The molecule has 2 heterocycles. The summed E-state index contributed by atoms with van der Waals surface area (Å²) < 4.78 is 12.8. The molecule has 47 heavy (non-hydrogen) atoms. The summed E-state index contributed by atoms with van der Waals surface area (Å²) in [5, 5.41) is 8.02. The van der Waals surface area contributed by atoms with Crippen LogP contribution in [0.1, 0.15) is 51.8 Å². The highest BCUT2D eigenvalue weighted by atomic mass is 32.2. The van der Waals surface area contributed by atoms with E-state index in [4.69, 9.17) is 9.47 Å². The molecular formula is C34H44N6O6S. The molecule has 2 unspecified atom stereocenters. The van der Waals surface area contributed by atoms with Crippen molar-refractivity contribution in [3.05, 3.63) is 84.3 Å². The number of nitrogens with zero attached hydrogens (tertiary/aromatic N) is 3. The fraction of sp³-hybridized carbons (Fsp3) is 0.441. The standard InChI is InChI=1S/C34H44N6O6S/c1-33(2,3)46-32(44)38-34(4,5)31(43)36-26(22-45-21-24-12-8-6-9-13-24)29(41)37-27-20-40(23-35-27)28(25-14-10-7-11-15-25)30(42)39-16-18-47-19-17-39/h6-15,20,23,26,28H,16-19,21-22H2,1-5H3,(H,36,43)(H,37,41)(H,38,44). The maximum Gasteiger partial charge on any atom is 0.408 e. The predicted molar refractivity (Wildman–Crippen MR) is 181 cm³/mol. The third-order valence-electron chi connectivity index (χ3n) is 7.22. The monoisotopic (exact) mass is 664 g/mol. The quantitative estimate of drug-likeness (QED) is 0.264. The number of hydrogen-bond acceptors (Lipinski definition) is 8. The third-order valence-corrected chi connectivity index (χ3v) is 8.16. The molecule has 1 aliphatic heterocycles. The molecule has 4 amide bonds. The molecule has 2 atom stereocenters. The van der Waals surface area contributed by atoms with Gasteiger partial charge in [0.1, 0.15) is 23.2 Å². The number of carbonyl (C=O) groups excluding carboxylic acids is 4. The molecule has 1 saturated heterocycles. The lowest BCUT2D eigenvalue weighted by Crippen LogP contribution is -2.59. The van der Waals surface area contributed by atoms with Crippen LogP contribution in [0.25, 0.3) is 0 Å². The summed E-state index contributed by atoms with van der Waals surface area (Å²) in [7, 11) is 0. The summed E-state index contributed by atoms with van der Waals surface area (Å²) in [6.07, 6.45) is 2.34. The molecule has 2 aromatic carbocycles. The number of thioether (sulfide) groups is 1. The highest BCUT2D eigenvalue weighted by molar-refractivity contribution is 7.99. The number of alkyl carbamates (subject to hydrolysis) is 1. The number of aromatic nitrogens is 2. The number of hydrogen-bond donors (Lipinski definition) is 3. The Labute approximate surface area is 280 Å². The Morgan fingerprint density at radius 1 is 0.936 bits per heavy atom. The normalized spacial score (nSPS) is 14.9. The van der Waals surface area contributed by atoms with Gasteiger partial charge in [0, 0.05) is 30.8 Å². The first-order valence-electron chi connectivity index (χ1n) is 15.5. The van der Waals surface area contributed by atoms with Crippen molar-refractivity contribution in [3.8, 4) is 0 Å². The van der Waals surface area contributed by atoms with Crippen LogP contribution in [0.2, 0.25) is 0 Å². The molecule has 0 saturated carbocycles. The van der Waals surface area contributed by atoms with Gasteiger partial charge in [-0.05, 0) is 45.7 Å². The lowest BCUT2D eigenvalue weighted by atomic mass is 10.0. The Balaban J connectivity index is 1.50. The number of amides is 4. The van der Waals surface area contributed by atoms with Gasteiger partial charge in [0.25, 0.3) is 5.91 Å². The SMILES string of the molecule is CC(C)(C)OC(=O)NC(C)(C)C(=O)NC(COCc1ccccc1)C(=O)Nc1cn(C(C(=O)N2CCSCC2)c2ccccc2)cn1. The maximum atomic E-state index is 13.7. The largest absolute Gasteiger partial charge is 0.444 e. The van der Waals surface area contributed by atoms with Crippen molar-refractivity contribution in [2.45, 2.75) is 64.4 Å². The summed E-state index contributed by atoms with van der Waals surface area (Å²) in [6.45, 7) is 9.55. The summed E-state index contributed by atoms with van der Waals surface area (Å²) in [5.41, 5.74) is -0.485. The van der Waals surface area contributed by atoms with E-state index in [2.05, 4.69) is 20.9 Å². The number of ether oxygens (including phenoxy) is 2. The predicted octanol–water partition coefficient (Wildman–Crippen LogP) is 3.99. The zero-order valence-electron chi connectivity index (χ0n) is 27.5. The molecule has 0 bridgehead atoms. The fourth-order valence-electron chi connectivity index (χ4n) is 4.80. The van der Waals surface area contributed by atoms with Crippen molar-refractivity contribution in [3.63, 3.8) is 0 Å². The second-order valence-corrected chi connectivity index (χ2v) is 13.9. The van der Waals surface area contributed by atoms with Crippen molar-refractivity contribution >= 4 is 41.4 Å². The van der Waals surface area contributed by atoms with Gasteiger partial charge in [-0.15, -0.1) is 0 Å². The van der Waals surface area contributed by atoms with Crippen molar-refractivity contribution in [1.82, 2.24) is 25.1 Å². The molecule has 1 fully saturated rings. The number of benzene rings is 2. The summed E-state index contributed by atoms with van der Waals surface area (Å²) >= 11 is 1.82. The van der Waals surface area contributed by atoms with Crippen LogP contribution in [0.15, 0.2) is 73.2 Å². The van der Waals surface area contributed by atoms with Gasteiger partial charge in [-0.1, -0.05) is 60.7 Å². The Morgan fingerprint density at radius 2 is 1.57 bits per heavy atom. The lowest BCUT2D eigenvalue weighted by molar-refractivity contribution is -0.133. The average Bonchev–Trinajstić information content (AvgIpc) is 3.48. The maximum absolute atomic E-state index is 13.7. The van der Waals surface area contributed by atoms with E-state index in [1.54, 1.807) is 31.5 Å². The molecule has 0 radical (unpaired) electrons. The molecule has 3 aromatic rings. The van der Waals surface area contributed by atoms with Crippen LogP contribution >= 0.6 is 11.8 Å². The first kappa shape index (κ1) is 35.5. The minimum Gasteiger partial charge on any atom is -0.444 e. The Morgan fingerprint density at radius 3 is 2.21 bits per heavy atom. The molecule has 12 nitrogen and oxygen atoms in total. The summed E-state index contributed by atoms with van der Waals surface area (Å²) in [4.78, 5) is 59.3. The van der Waals surface area contributed by atoms with Crippen LogP contribution in [0.3, 0.4) is 0 Å². The minimum absolute atomic E-state index is 0.0500. The molecule has 0 aliphatic carbocycles. The van der Waals surface area contributed by atoms with E-state index in [1.165, 1.54) is 20.2 Å². The van der Waals surface area contributed by atoms with E-state index < -0.39 is 41.1 Å². The van der Waals surface area contributed by atoms with E-state index in [0.717, 1.165) is 22.6 Å². The number of imidazole rings is 1. The zero-order valence-corrected chi connectivity index (χ0v) is 28.3. The summed E-state index contributed by atoms with van der Waals surface area (Å²) in [5.74, 6) is 0.703. The van der Waals surface area contributed by atoms with Gasteiger partial charge in [0.05, 0.1) is 19.5 Å². The van der Waals surface area contributed by atoms with E-state index in [0.29, 0.717) is 13.1 Å². The van der Waals surface area contributed by atoms with Crippen LogP contribution in [-0.4, -0.2) is 86.6 Å². The minimum atomic E-state index is -1.42. The highest BCUT2D eigenvalue weighted by Gasteiger charge is 2.35. The van der Waals surface area contributed by atoms with Gasteiger partial charge in [-0.2, -0.15) is 11.8 Å². The Bertz CT molecular complexity index is 1500. The topological polar surface area (TPSA) is 144 Å². The van der Waals surface area contributed by atoms with Gasteiger partial charge >= 0.3 is 6.09 Å². The zero-order chi connectivity index (χ0) is 34.0. The van der Waals surface area contributed by atoms with Crippen LogP contribution in [0.4, 0.5) is 10.6 Å². The average molecular weight is 665 g/mol. The second kappa shape index (κ2) is 16.0. The van der Waals surface area contributed by atoms with Crippen LogP contribution < -0.4 is 16.0 Å². The van der Waals surface area contributed by atoms with Crippen molar-refractivity contribution in [2.24, 2.45) is 0 Å². The fourth-order valence-corrected chi connectivity index (χ4v) is 5.70. The first-order chi connectivity index (χ1) is 22.3. The van der Waals surface area contributed by atoms with Crippen molar-refractivity contribution < 1.29 is 28.7 Å². The molecule has 252 valence electrons. The smallest absolute Gasteiger partial charge is 0.408 e. The van der Waals surface area contributed by atoms with Gasteiger partial charge in [-0.3, -0.25) is 14.4 Å². The van der Waals surface area contributed by atoms with E-state index in [1.807, 2.05) is 77.3 Å². The molecule has 1 aromatic heterocycles. The van der Waals surface area contributed by atoms with Crippen LogP contribution in [-0.2, 0) is 30.5 Å². The number of nitrogens with one attached hydrogen (secondary N) is 3. The molecule has 3 N–H and O–H groups in total. The van der Waals surface area contributed by atoms with Crippen molar-refractivity contribution in [1.29, 1.82) is 0 Å². The number of carbonyl (C=O) groups is 4. The molecule has 0 spiro atoms. The van der Waals surface area contributed by atoms with Crippen LogP contribution in [0.5, 0.6) is 0 Å². The molecular weight excluding hydrogens is 620 g/mol. The van der Waals surface area contributed by atoms with Gasteiger partial charge in [-0.25, -0.2) is 9.78 Å². The lowest BCUT2D eigenvalue weighted by Gasteiger charge is -2.30. The Kier molecular flexibility index (Phi) is 12.1. The van der Waals surface area contributed by atoms with Crippen molar-refractivity contribution in [2.75, 3.05) is 36.5 Å². The number of anilines is 1. The van der Waals surface area contributed by atoms with E-state index >= 15 is 0 Å². The Hall–Kier alpha value is -4.36. The third kappa shape index (κ3) is 10.6. The molecule has 13 heteroatoms. The number of rotatable bonds is 12. The van der Waals surface area contributed by atoms with Gasteiger partial charge < -0.3 is 34.9 Å². The molecule has 4 rings (SSSR count). The van der Waals surface area contributed by atoms with Gasteiger partial charge in [0.15, 0.2) is 5.82 Å². The second-order valence-electron chi connectivity index (χ2n) is 12.7. The first-order valence-corrected chi connectivity index (χ1v) is 16.7. The van der Waals surface area contributed by atoms with Gasteiger partial charge in [0.2, 0.25) is 11.8 Å².